The van der Waals surface area contributed by atoms with E-state index in [1.165, 1.54) is 4.90 Å². The molecule has 3 rings (SSSR count). The molecule has 1 aromatic heterocycles. The van der Waals surface area contributed by atoms with Crippen LogP contribution in [-0.4, -0.2) is 27.6 Å². The number of thiocarbonyl (C=S) groups is 1. The number of anilines is 1. The predicted molar refractivity (Wildman–Crippen MR) is 103 cm³/mol. The van der Waals surface area contributed by atoms with Crippen LogP contribution >= 0.6 is 23.6 Å². The highest BCUT2D eigenvalue weighted by molar-refractivity contribution is 7.80. The monoisotopic (exact) mass is 410 g/mol. The molecule has 0 radical (unpaired) electrons. The molecular weight excluding hydrogens is 397 g/mol. The van der Waals surface area contributed by atoms with Crippen molar-refractivity contribution < 1.29 is 23.1 Å². The summed E-state index contributed by atoms with van der Waals surface area (Å²) in [7, 11) is 0. The molecule has 0 saturated carbocycles. The largest absolute Gasteiger partial charge is 0.480 e. The first kappa shape index (κ1) is 19.2. The smallest absolute Gasteiger partial charge is 0.323 e. The number of benzene rings is 2. The number of halogens is 3. The Hall–Kier alpha value is -2.52. The molecule has 140 valence electrons. The Morgan fingerprint density at radius 3 is 2.67 bits per heavy atom. The van der Waals surface area contributed by atoms with Crippen LogP contribution in [0.4, 0.5) is 18.9 Å². The van der Waals surface area contributed by atoms with E-state index in [1.54, 1.807) is 24.3 Å². The highest BCUT2D eigenvalue weighted by atomic mass is 32.1. The summed E-state index contributed by atoms with van der Waals surface area (Å²) in [5.41, 5.74) is 0.666. The number of carbonyl (C=O) groups is 1. The Bertz CT molecular complexity index is 1050. The molecule has 0 bridgehead atoms. The first-order valence-corrected chi connectivity index (χ1v) is 9.11. The van der Waals surface area contributed by atoms with E-state index in [-0.39, 0.29) is 21.8 Å². The van der Waals surface area contributed by atoms with Crippen molar-refractivity contribution in [3.05, 3.63) is 47.8 Å². The zero-order valence-corrected chi connectivity index (χ0v) is 15.6. The molecule has 1 heterocycles. The van der Waals surface area contributed by atoms with Crippen molar-refractivity contribution in [1.82, 2.24) is 4.98 Å². The molecule has 0 aliphatic carbocycles. The fourth-order valence-corrected chi connectivity index (χ4v) is 3.70. The molecule has 0 amide bonds. The zero-order valence-electron chi connectivity index (χ0n) is 14.0. The number of nitrogens with zero attached hydrogens (tertiary/aromatic N) is 2. The van der Waals surface area contributed by atoms with Crippen molar-refractivity contribution in [3.8, 4) is 10.6 Å². The fraction of sp³-hybridized carbons (Fsp3) is 0.167. The lowest BCUT2D eigenvalue weighted by Crippen LogP contribution is -2.34. The van der Waals surface area contributed by atoms with Crippen molar-refractivity contribution in [2.45, 2.75) is 13.3 Å². The minimum absolute atomic E-state index is 0.0826. The van der Waals surface area contributed by atoms with E-state index in [1.807, 2.05) is 6.92 Å². The number of carboxylic acids is 1. The summed E-state index contributed by atoms with van der Waals surface area (Å²) in [5, 5.41) is 9.41. The van der Waals surface area contributed by atoms with Crippen LogP contribution in [0.1, 0.15) is 13.3 Å². The van der Waals surface area contributed by atoms with E-state index >= 15 is 0 Å². The molecule has 0 fully saturated rings. The second-order valence-corrected chi connectivity index (χ2v) is 7.10. The first-order chi connectivity index (χ1) is 12.8. The van der Waals surface area contributed by atoms with E-state index in [0.29, 0.717) is 28.7 Å². The van der Waals surface area contributed by atoms with Crippen LogP contribution in [0.2, 0.25) is 0 Å². The molecule has 0 unspecified atom stereocenters. The van der Waals surface area contributed by atoms with Crippen LogP contribution in [0.25, 0.3) is 20.8 Å². The Labute approximate surface area is 161 Å². The summed E-state index contributed by atoms with van der Waals surface area (Å²) in [4.78, 5) is 17.1. The first-order valence-electron chi connectivity index (χ1n) is 7.88. The van der Waals surface area contributed by atoms with Crippen LogP contribution in [0.15, 0.2) is 30.3 Å². The number of fused-ring (bicyclic) bond motifs is 1. The van der Waals surface area contributed by atoms with Gasteiger partial charge in [-0.3, -0.25) is 4.79 Å². The van der Waals surface area contributed by atoms with Gasteiger partial charge in [0.05, 0.1) is 9.69 Å². The van der Waals surface area contributed by atoms with Crippen LogP contribution < -0.4 is 4.90 Å². The molecular formula is C18H13F3N2O2S2. The van der Waals surface area contributed by atoms with Crippen LogP contribution in [0.5, 0.6) is 0 Å². The van der Waals surface area contributed by atoms with Gasteiger partial charge in [0, 0.05) is 17.3 Å². The maximum Gasteiger partial charge on any atom is 0.323 e. The summed E-state index contributed by atoms with van der Waals surface area (Å²) >= 11 is 6.13. The molecule has 3 aromatic rings. The summed E-state index contributed by atoms with van der Waals surface area (Å²) in [5.74, 6) is -4.43. The van der Waals surface area contributed by atoms with E-state index in [4.69, 9.17) is 17.3 Å². The van der Waals surface area contributed by atoms with Gasteiger partial charge in [-0.15, -0.1) is 11.3 Å². The third kappa shape index (κ3) is 3.79. The second kappa shape index (κ2) is 7.61. The Morgan fingerprint density at radius 2 is 2.00 bits per heavy atom. The number of hydrogen-bond acceptors (Lipinski definition) is 4. The van der Waals surface area contributed by atoms with Gasteiger partial charge in [0.25, 0.3) is 0 Å². The summed E-state index contributed by atoms with van der Waals surface area (Å²) in [6.07, 6.45) is 0.476. The standard InChI is InChI=1S/C18H13F3N2O2S2/c1-2-13(26)23(8-14(24)25)10-5-3-4-9(6-10)18-22-16-15(21)11(19)7-12(20)17(16)27-18/h3-7H,2,8H2,1H3,(H,24,25). The Balaban J connectivity index is 2.09. The topological polar surface area (TPSA) is 53.4 Å². The van der Waals surface area contributed by atoms with Gasteiger partial charge in [0.2, 0.25) is 0 Å². The van der Waals surface area contributed by atoms with Crippen molar-refractivity contribution >= 4 is 50.4 Å². The third-order valence-corrected chi connectivity index (χ3v) is 5.44. The van der Waals surface area contributed by atoms with Gasteiger partial charge >= 0.3 is 5.97 Å². The molecule has 27 heavy (non-hydrogen) atoms. The van der Waals surface area contributed by atoms with Crippen molar-refractivity contribution in [2.24, 2.45) is 0 Å². The van der Waals surface area contributed by atoms with Gasteiger partial charge in [-0.05, 0) is 18.6 Å². The summed E-state index contributed by atoms with van der Waals surface area (Å²) < 4.78 is 41.2. The van der Waals surface area contributed by atoms with Gasteiger partial charge < -0.3 is 10.0 Å². The Kier molecular flexibility index (Phi) is 5.43. The van der Waals surface area contributed by atoms with Crippen LogP contribution in [0.3, 0.4) is 0 Å². The highest BCUT2D eigenvalue weighted by Crippen LogP contribution is 2.35. The second-order valence-electron chi connectivity index (χ2n) is 5.63. The number of rotatable bonds is 5. The molecule has 0 aliphatic rings. The lowest BCUT2D eigenvalue weighted by Gasteiger charge is -2.23. The molecule has 4 nitrogen and oxygen atoms in total. The number of carboxylic acid groups (broad SMARTS) is 1. The van der Waals surface area contributed by atoms with Gasteiger partial charge in [-0.25, -0.2) is 18.2 Å². The van der Waals surface area contributed by atoms with Gasteiger partial charge in [-0.2, -0.15) is 0 Å². The quantitative estimate of drug-likeness (QED) is 0.473. The van der Waals surface area contributed by atoms with E-state index in [0.717, 1.165) is 11.3 Å². The number of aliphatic carboxylic acids is 1. The molecule has 1 N–H and O–H groups in total. The average molecular weight is 410 g/mol. The van der Waals surface area contributed by atoms with E-state index in [9.17, 15) is 18.0 Å². The lowest BCUT2D eigenvalue weighted by molar-refractivity contribution is -0.135. The Morgan fingerprint density at radius 1 is 1.26 bits per heavy atom. The molecule has 0 spiro atoms. The van der Waals surface area contributed by atoms with Gasteiger partial charge in [-0.1, -0.05) is 31.3 Å². The maximum absolute atomic E-state index is 13.9. The maximum atomic E-state index is 13.9. The molecule has 2 aromatic carbocycles. The van der Waals surface area contributed by atoms with Gasteiger partial charge in [0.1, 0.15) is 22.9 Å². The molecule has 0 aliphatic heterocycles. The van der Waals surface area contributed by atoms with E-state index < -0.39 is 23.4 Å². The average Bonchev–Trinajstić information content (AvgIpc) is 3.10. The highest BCUT2D eigenvalue weighted by Gasteiger charge is 2.19. The molecule has 9 heteroatoms. The van der Waals surface area contributed by atoms with Crippen molar-refractivity contribution in [3.63, 3.8) is 0 Å². The van der Waals surface area contributed by atoms with Crippen LogP contribution in [0, 0.1) is 17.5 Å². The minimum Gasteiger partial charge on any atom is -0.480 e. The number of aromatic nitrogens is 1. The normalized spacial score (nSPS) is 11.0. The summed E-state index contributed by atoms with van der Waals surface area (Å²) in [6, 6.07) is 7.14. The van der Waals surface area contributed by atoms with Gasteiger partial charge in [0.15, 0.2) is 11.6 Å². The third-order valence-electron chi connectivity index (χ3n) is 3.82. The van der Waals surface area contributed by atoms with E-state index in [2.05, 4.69) is 4.98 Å². The fourth-order valence-electron chi connectivity index (χ4n) is 2.56. The zero-order chi connectivity index (χ0) is 19.7. The van der Waals surface area contributed by atoms with Crippen LogP contribution in [-0.2, 0) is 4.79 Å². The van der Waals surface area contributed by atoms with Crippen molar-refractivity contribution in [1.29, 1.82) is 0 Å². The van der Waals surface area contributed by atoms with Crippen molar-refractivity contribution in [2.75, 3.05) is 11.4 Å². The molecule has 0 atom stereocenters. The molecule has 0 saturated heterocycles. The summed E-state index contributed by atoms with van der Waals surface area (Å²) in [6.45, 7) is 1.50. The SMILES string of the molecule is CCC(=S)N(CC(=O)O)c1cccc(-c2nc3c(F)c(F)cc(F)c3s2)c1. The lowest BCUT2D eigenvalue weighted by atomic mass is 10.2. The number of hydrogen-bond donors (Lipinski definition) is 1. The minimum atomic E-state index is -1.30. The predicted octanol–water partition coefficient (Wildman–Crippen LogP) is 5.01. The number of thiazole rings is 1.